The number of hydrogen-bond donors (Lipinski definition) is 1. The Balaban J connectivity index is 3.38. The van der Waals surface area contributed by atoms with Crippen LogP contribution in [0.15, 0.2) is 12.1 Å². The van der Waals surface area contributed by atoms with Gasteiger partial charge in [0.2, 0.25) is 0 Å². The minimum Gasteiger partial charge on any atom is -0.494 e. The number of ether oxygens (including phenoxy) is 1. The molecule has 0 spiro atoms. The summed E-state index contributed by atoms with van der Waals surface area (Å²) < 4.78 is 4.88. The molecule has 1 aromatic rings. The molecule has 0 fully saturated rings. The summed E-state index contributed by atoms with van der Waals surface area (Å²) in [6.45, 7) is 1.78. The average molecular weight is 201 g/mol. The van der Waals surface area contributed by atoms with Crippen molar-refractivity contribution in [1.82, 2.24) is 0 Å². The molecule has 1 aromatic carbocycles. The molecule has 0 heterocycles. The summed E-state index contributed by atoms with van der Waals surface area (Å²) in [7, 11) is 1.39. The molecule has 0 aliphatic heterocycles. The Morgan fingerprint density at radius 1 is 1.54 bits per heavy atom. The summed E-state index contributed by atoms with van der Waals surface area (Å²) in [6.07, 6.45) is 0. The van der Waals surface area contributed by atoms with E-state index in [9.17, 15) is 4.79 Å². The van der Waals surface area contributed by atoms with Crippen LogP contribution in [0.5, 0.6) is 5.75 Å². The Hall–Kier alpha value is -1.22. The van der Waals surface area contributed by atoms with E-state index in [1.54, 1.807) is 13.0 Å². The van der Waals surface area contributed by atoms with Crippen molar-refractivity contribution in [1.29, 1.82) is 0 Å². The molecule has 0 amide bonds. The predicted octanol–water partition coefficient (Wildman–Crippen LogP) is 2.36. The van der Waals surface area contributed by atoms with Gasteiger partial charge < -0.3 is 9.84 Å². The monoisotopic (exact) mass is 200 g/mol. The zero-order valence-corrected chi connectivity index (χ0v) is 8.05. The van der Waals surface area contributed by atoms with E-state index in [1.807, 2.05) is 0 Å². The molecule has 0 aromatic heterocycles. The highest BCUT2D eigenvalue weighted by Gasteiger charge is 2.14. The Kier molecular flexibility index (Phi) is 2.78. The van der Waals surface area contributed by atoms with Crippen LogP contribution in [-0.4, -0.2) is 18.2 Å². The third kappa shape index (κ3) is 1.92. The molecule has 0 aliphatic carbocycles. The number of carboxylic acids is 1. The van der Waals surface area contributed by atoms with Gasteiger partial charge in [0.05, 0.1) is 12.1 Å². The number of carbonyl (C=O) groups is 1. The molecule has 3 nitrogen and oxygen atoms in total. The minimum absolute atomic E-state index is 0.0903. The summed E-state index contributed by atoms with van der Waals surface area (Å²) >= 11 is 5.79. The molecule has 4 heteroatoms. The fraction of sp³-hybridized carbons (Fsp3) is 0.222. The highest BCUT2D eigenvalue weighted by Crippen LogP contribution is 2.29. The molecule has 0 saturated carbocycles. The number of aryl methyl sites for hydroxylation is 1. The van der Waals surface area contributed by atoms with Crippen LogP contribution in [0, 0.1) is 6.92 Å². The standard InChI is InChI=1S/C9H9ClO3/c1-5-3-6(9(11)12)8(13-2)7(10)4-5/h3-4H,1-2H3,(H,11,12). The molecular formula is C9H9ClO3. The van der Waals surface area contributed by atoms with Crippen molar-refractivity contribution in [2.24, 2.45) is 0 Å². The number of halogens is 1. The van der Waals surface area contributed by atoms with Crippen LogP contribution in [0.4, 0.5) is 0 Å². The number of hydrogen-bond acceptors (Lipinski definition) is 2. The van der Waals surface area contributed by atoms with Gasteiger partial charge in [-0.25, -0.2) is 4.79 Å². The first-order valence-corrected chi connectivity index (χ1v) is 4.01. The van der Waals surface area contributed by atoms with Crippen molar-refractivity contribution in [3.63, 3.8) is 0 Å². The molecule has 0 aliphatic rings. The van der Waals surface area contributed by atoms with Crippen molar-refractivity contribution in [3.05, 3.63) is 28.3 Å². The largest absolute Gasteiger partial charge is 0.494 e. The van der Waals surface area contributed by atoms with Crippen molar-refractivity contribution < 1.29 is 14.6 Å². The van der Waals surface area contributed by atoms with Crippen LogP contribution in [0.1, 0.15) is 15.9 Å². The van der Waals surface area contributed by atoms with Crippen LogP contribution < -0.4 is 4.74 Å². The third-order valence-electron chi connectivity index (χ3n) is 1.62. The normalized spacial score (nSPS) is 9.77. The highest BCUT2D eigenvalue weighted by atomic mass is 35.5. The Morgan fingerprint density at radius 3 is 2.62 bits per heavy atom. The van der Waals surface area contributed by atoms with E-state index in [2.05, 4.69) is 0 Å². The maximum atomic E-state index is 10.7. The number of aromatic carboxylic acids is 1. The maximum Gasteiger partial charge on any atom is 0.339 e. The second kappa shape index (κ2) is 3.66. The summed E-state index contributed by atoms with van der Waals surface area (Å²) in [6, 6.07) is 3.18. The molecule has 13 heavy (non-hydrogen) atoms. The Bertz CT molecular complexity index is 347. The maximum absolute atomic E-state index is 10.7. The van der Waals surface area contributed by atoms with Crippen LogP contribution >= 0.6 is 11.6 Å². The molecule has 0 bridgehead atoms. The summed E-state index contributed by atoms with van der Waals surface area (Å²) in [4.78, 5) is 10.7. The number of benzene rings is 1. The van der Waals surface area contributed by atoms with E-state index < -0.39 is 5.97 Å². The molecule has 0 unspecified atom stereocenters. The quantitative estimate of drug-likeness (QED) is 0.797. The van der Waals surface area contributed by atoms with Gasteiger partial charge in [-0.2, -0.15) is 0 Å². The smallest absolute Gasteiger partial charge is 0.339 e. The first kappa shape index (κ1) is 9.86. The second-order valence-corrected chi connectivity index (χ2v) is 3.04. The minimum atomic E-state index is -1.04. The fourth-order valence-corrected chi connectivity index (χ4v) is 1.45. The van der Waals surface area contributed by atoms with E-state index in [1.165, 1.54) is 13.2 Å². The number of rotatable bonds is 2. The van der Waals surface area contributed by atoms with Crippen LogP contribution in [0.3, 0.4) is 0 Å². The van der Waals surface area contributed by atoms with Gasteiger partial charge in [0.15, 0.2) is 5.75 Å². The van der Waals surface area contributed by atoms with Crippen molar-refractivity contribution >= 4 is 17.6 Å². The first-order chi connectivity index (χ1) is 6.06. The highest BCUT2D eigenvalue weighted by molar-refractivity contribution is 6.32. The van der Waals surface area contributed by atoms with Crippen LogP contribution in [-0.2, 0) is 0 Å². The van der Waals surface area contributed by atoms with Crippen LogP contribution in [0.25, 0.3) is 0 Å². The Morgan fingerprint density at radius 2 is 2.15 bits per heavy atom. The van der Waals surface area contributed by atoms with E-state index in [0.717, 1.165) is 5.56 Å². The Labute approximate surface area is 80.9 Å². The van der Waals surface area contributed by atoms with Crippen LogP contribution in [0.2, 0.25) is 5.02 Å². The zero-order valence-electron chi connectivity index (χ0n) is 7.30. The second-order valence-electron chi connectivity index (χ2n) is 2.63. The van der Waals surface area contributed by atoms with Gasteiger partial charge in [0.25, 0.3) is 0 Å². The van der Waals surface area contributed by atoms with E-state index >= 15 is 0 Å². The van der Waals surface area contributed by atoms with Crippen molar-refractivity contribution in [2.75, 3.05) is 7.11 Å². The average Bonchev–Trinajstić information content (AvgIpc) is 2.02. The van der Waals surface area contributed by atoms with Gasteiger partial charge in [0.1, 0.15) is 5.56 Å². The lowest BCUT2D eigenvalue weighted by atomic mass is 10.1. The fourth-order valence-electron chi connectivity index (χ4n) is 1.10. The summed E-state index contributed by atoms with van der Waals surface area (Å²) in [5.41, 5.74) is 0.885. The van der Waals surface area contributed by atoms with Gasteiger partial charge in [-0.15, -0.1) is 0 Å². The van der Waals surface area contributed by atoms with Crippen molar-refractivity contribution in [3.8, 4) is 5.75 Å². The topological polar surface area (TPSA) is 46.5 Å². The van der Waals surface area contributed by atoms with Gasteiger partial charge in [-0.1, -0.05) is 11.6 Å². The molecule has 1 rings (SSSR count). The van der Waals surface area contributed by atoms with Gasteiger partial charge in [-0.05, 0) is 24.6 Å². The molecule has 0 atom stereocenters. The third-order valence-corrected chi connectivity index (χ3v) is 1.90. The van der Waals surface area contributed by atoms with Gasteiger partial charge >= 0.3 is 5.97 Å². The summed E-state index contributed by atoms with van der Waals surface area (Å²) in [5.74, 6) is -0.831. The molecule has 70 valence electrons. The molecule has 0 radical (unpaired) electrons. The SMILES string of the molecule is COc1c(Cl)cc(C)cc1C(=O)O. The van der Waals surface area contributed by atoms with Gasteiger partial charge in [0, 0.05) is 0 Å². The molecule has 1 N–H and O–H groups in total. The predicted molar refractivity (Wildman–Crippen MR) is 49.7 cm³/mol. The van der Waals surface area contributed by atoms with Gasteiger partial charge in [-0.3, -0.25) is 0 Å². The zero-order chi connectivity index (χ0) is 10.0. The lowest BCUT2D eigenvalue weighted by molar-refractivity contribution is 0.0693. The van der Waals surface area contributed by atoms with Crippen molar-refractivity contribution in [2.45, 2.75) is 6.92 Å². The number of carboxylic acid groups (broad SMARTS) is 1. The van der Waals surface area contributed by atoms with E-state index in [-0.39, 0.29) is 11.3 Å². The lowest BCUT2D eigenvalue weighted by Crippen LogP contribution is -2.01. The summed E-state index contributed by atoms with van der Waals surface area (Å²) in [5, 5.41) is 9.13. The van der Waals surface area contributed by atoms with E-state index in [4.69, 9.17) is 21.4 Å². The first-order valence-electron chi connectivity index (χ1n) is 3.63. The number of methoxy groups -OCH3 is 1. The van der Waals surface area contributed by atoms with E-state index in [0.29, 0.717) is 5.02 Å². The molecule has 0 saturated heterocycles. The lowest BCUT2D eigenvalue weighted by Gasteiger charge is -2.07. The molecular weight excluding hydrogens is 192 g/mol.